The summed E-state index contributed by atoms with van der Waals surface area (Å²) in [4.78, 5) is 26.3. The Morgan fingerprint density at radius 1 is 1.07 bits per heavy atom. The third kappa shape index (κ3) is 7.35. The van der Waals surface area contributed by atoms with Gasteiger partial charge in [-0.3, -0.25) is 9.69 Å². The van der Waals surface area contributed by atoms with Crippen LogP contribution in [-0.2, 0) is 27.4 Å². The molecule has 0 spiro atoms. The molecule has 2 aromatic carbocycles. The number of likely N-dealkylation sites (tertiary alicyclic amines) is 1. The van der Waals surface area contributed by atoms with Crippen molar-refractivity contribution in [2.24, 2.45) is 5.92 Å². The van der Waals surface area contributed by atoms with E-state index >= 15 is 0 Å². The predicted octanol–water partition coefficient (Wildman–Crippen LogP) is 5.44. The van der Waals surface area contributed by atoms with Gasteiger partial charge in [-0.15, -0.1) is 0 Å². The van der Waals surface area contributed by atoms with E-state index in [1.807, 2.05) is 4.90 Å². The number of carbonyl (C=O) groups excluding carboxylic acids is 2. The second kappa shape index (κ2) is 12.0. The molecule has 0 radical (unpaired) electrons. The van der Waals surface area contributed by atoms with Gasteiger partial charge in [-0.05, 0) is 80.7 Å². The minimum absolute atomic E-state index is 0.0567. The van der Waals surface area contributed by atoms with Crippen molar-refractivity contribution in [1.82, 2.24) is 4.90 Å². The third-order valence-electron chi connectivity index (χ3n) is 7.81. The average molecular weight is 610 g/mol. The molecule has 2 aliphatic rings. The highest BCUT2D eigenvalue weighted by atomic mass is 19.4. The van der Waals surface area contributed by atoms with Crippen LogP contribution in [0.3, 0.4) is 0 Å². The van der Waals surface area contributed by atoms with Crippen LogP contribution >= 0.6 is 0 Å². The first-order chi connectivity index (χ1) is 20.1. The van der Waals surface area contributed by atoms with Gasteiger partial charge in [-0.25, -0.2) is 4.39 Å². The summed E-state index contributed by atoms with van der Waals surface area (Å²) in [6.07, 6.45) is -8.09. The number of nitrogens with one attached hydrogen (secondary N) is 1. The maximum atomic E-state index is 14.8. The van der Waals surface area contributed by atoms with Crippen molar-refractivity contribution in [3.05, 3.63) is 64.5 Å². The quantitative estimate of drug-likeness (QED) is 0.248. The van der Waals surface area contributed by atoms with Crippen LogP contribution in [0, 0.1) is 34.9 Å². The van der Waals surface area contributed by atoms with Crippen molar-refractivity contribution in [1.29, 1.82) is 5.26 Å². The molecule has 228 valence electrons. The van der Waals surface area contributed by atoms with E-state index in [2.05, 4.69) is 17.2 Å². The van der Waals surface area contributed by atoms with Gasteiger partial charge in [-0.1, -0.05) is 11.8 Å². The first-order valence-electron chi connectivity index (χ1n) is 13.3. The summed E-state index contributed by atoms with van der Waals surface area (Å²) in [5, 5.41) is 22.8. The van der Waals surface area contributed by atoms with E-state index in [0.29, 0.717) is 50.2 Å². The Morgan fingerprint density at radius 2 is 1.74 bits per heavy atom. The van der Waals surface area contributed by atoms with E-state index in [0.717, 1.165) is 18.4 Å². The normalized spacial score (nSPS) is 18.5. The molecular weight excluding hydrogens is 583 g/mol. The summed E-state index contributed by atoms with van der Waals surface area (Å²) < 4.78 is 95.5. The molecule has 2 aromatic rings. The molecule has 0 bridgehead atoms. The average Bonchev–Trinajstić information content (AvgIpc) is 3.72. The number of alkyl halides is 6. The highest BCUT2D eigenvalue weighted by Gasteiger charge is 2.54. The van der Waals surface area contributed by atoms with Gasteiger partial charge >= 0.3 is 12.4 Å². The van der Waals surface area contributed by atoms with Crippen molar-refractivity contribution in [3.8, 4) is 17.9 Å². The summed E-state index contributed by atoms with van der Waals surface area (Å²) in [5.74, 6) is 2.79. The SMILES string of the molecule is N#Cc1ccc(NC(=O)C(O)(C#CCN2CCC(C=O)CC2)CC2(c3cc(C(F)(F)F)ccc3F)CC2)cc1C(F)(F)F. The van der Waals surface area contributed by atoms with Crippen LogP contribution in [0.25, 0.3) is 0 Å². The van der Waals surface area contributed by atoms with Crippen molar-refractivity contribution >= 4 is 17.9 Å². The fraction of sp³-hybridized carbons (Fsp3) is 0.433. The maximum absolute atomic E-state index is 14.8. The Labute approximate surface area is 242 Å². The molecule has 1 heterocycles. The van der Waals surface area contributed by atoms with Crippen molar-refractivity contribution < 1.29 is 45.4 Å². The molecule has 1 saturated carbocycles. The zero-order chi connectivity index (χ0) is 31.6. The lowest BCUT2D eigenvalue weighted by molar-refractivity contribution is -0.138. The minimum Gasteiger partial charge on any atom is -0.369 e. The fourth-order valence-corrected chi connectivity index (χ4v) is 5.20. The van der Waals surface area contributed by atoms with Crippen LogP contribution in [-0.4, -0.2) is 47.4 Å². The summed E-state index contributed by atoms with van der Waals surface area (Å²) in [7, 11) is 0. The minimum atomic E-state index is -4.93. The van der Waals surface area contributed by atoms with Gasteiger partial charge < -0.3 is 15.2 Å². The van der Waals surface area contributed by atoms with Crippen LogP contribution < -0.4 is 5.32 Å². The Morgan fingerprint density at radius 3 is 2.30 bits per heavy atom. The molecule has 43 heavy (non-hydrogen) atoms. The number of amides is 1. The topological polar surface area (TPSA) is 93.4 Å². The molecule has 1 unspecified atom stereocenters. The number of hydrogen-bond acceptors (Lipinski definition) is 5. The summed E-state index contributed by atoms with van der Waals surface area (Å²) in [6.45, 7) is 1.07. The number of nitriles is 1. The van der Waals surface area contributed by atoms with E-state index in [1.165, 1.54) is 6.07 Å². The Balaban J connectivity index is 1.66. The number of hydrogen-bond donors (Lipinski definition) is 2. The molecule has 6 nitrogen and oxygen atoms in total. The van der Waals surface area contributed by atoms with E-state index in [4.69, 9.17) is 5.26 Å². The lowest BCUT2D eigenvalue weighted by Crippen LogP contribution is -2.45. The van der Waals surface area contributed by atoms with Crippen LogP contribution in [0.15, 0.2) is 36.4 Å². The molecule has 4 rings (SSSR count). The summed E-state index contributed by atoms with van der Waals surface area (Å²) in [5.41, 5.74) is -7.96. The molecule has 13 heteroatoms. The Bertz CT molecular complexity index is 1490. The van der Waals surface area contributed by atoms with Crippen LogP contribution in [0.1, 0.15) is 54.4 Å². The number of rotatable bonds is 7. The number of benzene rings is 2. The molecule has 0 aromatic heterocycles. The first-order valence-corrected chi connectivity index (χ1v) is 13.3. The third-order valence-corrected chi connectivity index (χ3v) is 7.81. The largest absolute Gasteiger partial charge is 0.417 e. The predicted molar refractivity (Wildman–Crippen MR) is 140 cm³/mol. The van der Waals surface area contributed by atoms with Gasteiger partial charge in [0, 0.05) is 23.4 Å². The molecule has 2 fully saturated rings. The second-order valence-corrected chi connectivity index (χ2v) is 10.9. The van der Waals surface area contributed by atoms with E-state index in [9.17, 15) is 45.4 Å². The van der Waals surface area contributed by atoms with Gasteiger partial charge in [0.2, 0.25) is 5.60 Å². The highest BCUT2D eigenvalue weighted by molar-refractivity contribution is 6.00. The molecular formula is C30H26F7N3O3. The first kappa shape index (κ1) is 32.0. The Kier molecular flexibility index (Phi) is 8.91. The van der Waals surface area contributed by atoms with Crippen molar-refractivity contribution in [2.45, 2.75) is 55.5 Å². The summed E-state index contributed by atoms with van der Waals surface area (Å²) >= 11 is 0. The summed E-state index contributed by atoms with van der Waals surface area (Å²) in [6, 6.07) is 5.65. The van der Waals surface area contributed by atoms with Gasteiger partial charge in [0.1, 0.15) is 12.1 Å². The number of halogens is 7. The van der Waals surface area contributed by atoms with Gasteiger partial charge in [-0.2, -0.15) is 31.6 Å². The van der Waals surface area contributed by atoms with E-state index in [-0.39, 0.29) is 30.9 Å². The molecule has 1 aliphatic heterocycles. The number of anilines is 1. The number of carbonyl (C=O) groups is 2. The fourth-order valence-electron chi connectivity index (χ4n) is 5.20. The molecule has 1 saturated heterocycles. The monoisotopic (exact) mass is 609 g/mol. The maximum Gasteiger partial charge on any atom is 0.417 e. The lowest BCUT2D eigenvalue weighted by Gasteiger charge is -2.29. The molecule has 1 atom stereocenters. The molecule has 2 N–H and O–H groups in total. The number of nitrogens with zero attached hydrogens (tertiary/aromatic N) is 2. The van der Waals surface area contributed by atoms with Crippen LogP contribution in [0.4, 0.5) is 36.4 Å². The molecule has 1 amide bonds. The van der Waals surface area contributed by atoms with Gasteiger partial charge in [0.25, 0.3) is 5.91 Å². The van der Waals surface area contributed by atoms with E-state index < -0.39 is 63.9 Å². The smallest absolute Gasteiger partial charge is 0.369 e. The zero-order valence-corrected chi connectivity index (χ0v) is 22.6. The van der Waals surface area contributed by atoms with Crippen molar-refractivity contribution in [3.63, 3.8) is 0 Å². The van der Waals surface area contributed by atoms with E-state index in [1.54, 1.807) is 0 Å². The van der Waals surface area contributed by atoms with Gasteiger partial charge in [0.05, 0.1) is 29.3 Å². The highest BCUT2D eigenvalue weighted by Crippen LogP contribution is 2.55. The Hall–Kier alpha value is -3.94. The molecule has 1 aliphatic carbocycles. The van der Waals surface area contributed by atoms with Crippen molar-refractivity contribution in [2.75, 3.05) is 25.0 Å². The second-order valence-electron chi connectivity index (χ2n) is 10.9. The zero-order valence-electron chi connectivity index (χ0n) is 22.6. The van der Waals surface area contributed by atoms with Crippen LogP contribution in [0.5, 0.6) is 0 Å². The van der Waals surface area contributed by atoms with Gasteiger partial charge in [0.15, 0.2) is 0 Å². The standard InChI is InChI=1S/C30H26F7N3O3/c31-25-5-3-21(29(32,33)34)14-24(25)27(9-10-27)18-28(43,8-1-11-40-12-6-19(17-41)7-13-40)26(42)39-22-4-2-20(16-38)23(15-22)30(35,36)37/h2-5,14-15,17,19,43H,6-7,9-13,18H2,(H,39,42). The van der Waals surface area contributed by atoms with Crippen LogP contribution in [0.2, 0.25) is 0 Å². The number of aldehydes is 1. The number of piperidine rings is 1. The lowest BCUT2D eigenvalue weighted by atomic mass is 9.82. The number of aliphatic hydroxyl groups is 1.